The number of carbonyl (C=O) groups is 3. The fraction of sp³-hybridized carbons (Fsp3) is 0.438. The molecule has 1 heterocycles. The summed E-state index contributed by atoms with van der Waals surface area (Å²) in [7, 11) is 1.31. The maximum atomic E-state index is 12.2. The second kappa shape index (κ2) is 8.30. The Bertz CT molecular complexity index is 601. The zero-order chi connectivity index (χ0) is 17.5. The molecule has 2 N–H and O–H groups in total. The minimum Gasteiger partial charge on any atom is -0.478 e. The van der Waals surface area contributed by atoms with Crippen LogP contribution in [-0.4, -0.2) is 60.9 Å². The molecule has 0 aromatic heterocycles. The molecule has 0 spiro atoms. The number of nitrogens with zero attached hydrogens (tertiary/aromatic N) is 1. The van der Waals surface area contributed by atoms with E-state index in [1.165, 1.54) is 19.2 Å². The largest absolute Gasteiger partial charge is 0.478 e. The van der Waals surface area contributed by atoms with Gasteiger partial charge >= 0.3 is 18.0 Å². The maximum Gasteiger partial charge on any atom is 0.335 e. The van der Waals surface area contributed by atoms with E-state index in [0.717, 1.165) is 5.56 Å². The van der Waals surface area contributed by atoms with E-state index in [2.05, 4.69) is 10.1 Å². The third-order valence-electron chi connectivity index (χ3n) is 3.69. The van der Waals surface area contributed by atoms with Crippen molar-refractivity contribution in [3.63, 3.8) is 0 Å². The lowest BCUT2D eigenvalue weighted by Crippen LogP contribution is -2.49. The Morgan fingerprint density at radius 3 is 2.67 bits per heavy atom. The lowest BCUT2D eigenvalue weighted by molar-refractivity contribution is -0.145. The molecule has 1 aromatic rings. The number of benzene rings is 1. The molecule has 8 heteroatoms. The van der Waals surface area contributed by atoms with E-state index >= 15 is 0 Å². The fourth-order valence-corrected chi connectivity index (χ4v) is 2.35. The van der Waals surface area contributed by atoms with Gasteiger partial charge in [-0.05, 0) is 17.7 Å². The Balaban J connectivity index is 1.83. The molecular formula is C16H20N2O6. The number of urea groups is 1. The normalized spacial score (nSPS) is 17.2. The fourth-order valence-electron chi connectivity index (χ4n) is 2.35. The SMILES string of the molecule is COC(=O)CC1CN(C(=O)NCc2ccc(C(=O)O)cc2)CCO1. The number of carboxylic acids is 1. The molecule has 1 aliphatic heterocycles. The van der Waals surface area contributed by atoms with Crippen LogP contribution in [0.25, 0.3) is 0 Å². The van der Waals surface area contributed by atoms with Crippen molar-refractivity contribution in [3.05, 3.63) is 35.4 Å². The van der Waals surface area contributed by atoms with Crippen molar-refractivity contribution in [1.29, 1.82) is 0 Å². The minimum atomic E-state index is -0.990. The van der Waals surface area contributed by atoms with Crippen molar-refractivity contribution in [2.45, 2.75) is 19.1 Å². The van der Waals surface area contributed by atoms with Crippen molar-refractivity contribution < 1.29 is 29.0 Å². The second-order valence-corrected chi connectivity index (χ2v) is 5.38. The second-order valence-electron chi connectivity index (χ2n) is 5.38. The van der Waals surface area contributed by atoms with Gasteiger partial charge in [0.25, 0.3) is 0 Å². The molecule has 24 heavy (non-hydrogen) atoms. The van der Waals surface area contributed by atoms with Gasteiger partial charge in [-0.15, -0.1) is 0 Å². The van der Waals surface area contributed by atoms with Crippen LogP contribution in [0.4, 0.5) is 4.79 Å². The molecule has 2 rings (SSSR count). The van der Waals surface area contributed by atoms with Gasteiger partial charge in [0.05, 0.1) is 31.8 Å². The average molecular weight is 336 g/mol. The highest BCUT2D eigenvalue weighted by Crippen LogP contribution is 2.10. The maximum absolute atomic E-state index is 12.2. The van der Waals surface area contributed by atoms with E-state index in [4.69, 9.17) is 9.84 Å². The number of ether oxygens (including phenoxy) is 2. The summed E-state index contributed by atoms with van der Waals surface area (Å²) in [5.41, 5.74) is 0.997. The van der Waals surface area contributed by atoms with Crippen LogP contribution in [0, 0.1) is 0 Å². The quantitative estimate of drug-likeness (QED) is 0.773. The Labute approximate surface area is 139 Å². The molecule has 2 amide bonds. The zero-order valence-corrected chi connectivity index (χ0v) is 13.4. The van der Waals surface area contributed by atoms with Gasteiger partial charge in [0, 0.05) is 19.6 Å². The predicted octanol–water partition coefficient (Wildman–Crippen LogP) is 0.858. The van der Waals surface area contributed by atoms with Crippen LogP contribution in [0.15, 0.2) is 24.3 Å². The van der Waals surface area contributed by atoms with Gasteiger partial charge in [0.2, 0.25) is 0 Å². The van der Waals surface area contributed by atoms with Crippen LogP contribution >= 0.6 is 0 Å². The molecule has 0 radical (unpaired) electrons. The van der Waals surface area contributed by atoms with Crippen LogP contribution in [0.5, 0.6) is 0 Å². The molecule has 1 atom stereocenters. The van der Waals surface area contributed by atoms with E-state index in [1.54, 1.807) is 17.0 Å². The van der Waals surface area contributed by atoms with Gasteiger partial charge in [-0.25, -0.2) is 9.59 Å². The standard InChI is InChI=1S/C16H20N2O6/c1-23-14(19)8-13-10-18(6-7-24-13)16(22)17-9-11-2-4-12(5-3-11)15(20)21/h2-5,13H,6-10H2,1H3,(H,17,22)(H,20,21). The van der Waals surface area contributed by atoms with E-state index < -0.39 is 5.97 Å². The summed E-state index contributed by atoms with van der Waals surface area (Å²) in [6, 6.07) is 6.04. The number of methoxy groups -OCH3 is 1. The summed E-state index contributed by atoms with van der Waals surface area (Å²) in [5.74, 6) is -1.36. The molecule has 0 bridgehead atoms. The highest BCUT2D eigenvalue weighted by atomic mass is 16.5. The topological polar surface area (TPSA) is 105 Å². The van der Waals surface area contributed by atoms with Crippen molar-refractivity contribution in [1.82, 2.24) is 10.2 Å². The highest BCUT2D eigenvalue weighted by molar-refractivity contribution is 5.87. The number of carbonyl (C=O) groups excluding carboxylic acids is 2. The van der Waals surface area contributed by atoms with Gasteiger partial charge in [-0.1, -0.05) is 12.1 Å². The number of carboxylic acid groups (broad SMARTS) is 1. The van der Waals surface area contributed by atoms with Crippen molar-refractivity contribution >= 4 is 18.0 Å². The molecule has 0 saturated carbocycles. The highest BCUT2D eigenvalue weighted by Gasteiger charge is 2.26. The van der Waals surface area contributed by atoms with E-state index in [1.807, 2.05) is 0 Å². The lowest BCUT2D eigenvalue weighted by Gasteiger charge is -2.32. The first-order valence-electron chi connectivity index (χ1n) is 7.53. The predicted molar refractivity (Wildman–Crippen MR) is 83.6 cm³/mol. The van der Waals surface area contributed by atoms with Crippen molar-refractivity contribution in [2.75, 3.05) is 26.8 Å². The Morgan fingerprint density at radius 2 is 2.04 bits per heavy atom. The summed E-state index contributed by atoms with van der Waals surface area (Å²) in [5, 5.41) is 11.6. The van der Waals surface area contributed by atoms with Crippen molar-refractivity contribution in [2.24, 2.45) is 0 Å². The van der Waals surface area contributed by atoms with E-state index in [0.29, 0.717) is 19.7 Å². The number of nitrogens with one attached hydrogen (secondary N) is 1. The molecule has 1 unspecified atom stereocenters. The number of morpholine rings is 1. The van der Waals surface area contributed by atoms with Gasteiger partial charge < -0.3 is 24.8 Å². The third kappa shape index (κ3) is 4.95. The van der Waals surface area contributed by atoms with Crippen molar-refractivity contribution in [3.8, 4) is 0 Å². The Morgan fingerprint density at radius 1 is 1.33 bits per heavy atom. The van der Waals surface area contributed by atoms with E-state index in [-0.39, 0.29) is 36.6 Å². The molecule has 1 aromatic carbocycles. The van der Waals surface area contributed by atoms with Crippen LogP contribution < -0.4 is 5.32 Å². The summed E-state index contributed by atoms with van der Waals surface area (Å²) in [4.78, 5) is 35.9. The molecule has 0 aliphatic carbocycles. The van der Waals surface area contributed by atoms with Gasteiger partial charge in [-0.2, -0.15) is 0 Å². The number of hydrogen-bond donors (Lipinski definition) is 2. The van der Waals surface area contributed by atoms with Crippen LogP contribution in [-0.2, 0) is 20.8 Å². The van der Waals surface area contributed by atoms with Crippen LogP contribution in [0.2, 0.25) is 0 Å². The summed E-state index contributed by atoms with van der Waals surface area (Å²) >= 11 is 0. The third-order valence-corrected chi connectivity index (χ3v) is 3.69. The summed E-state index contributed by atoms with van der Waals surface area (Å²) < 4.78 is 10.1. The molecule has 130 valence electrons. The number of amides is 2. The molecule has 1 fully saturated rings. The Kier molecular flexibility index (Phi) is 6.14. The molecule has 1 saturated heterocycles. The molecule has 1 aliphatic rings. The zero-order valence-electron chi connectivity index (χ0n) is 13.4. The van der Waals surface area contributed by atoms with Crippen LogP contribution in [0.1, 0.15) is 22.3 Å². The van der Waals surface area contributed by atoms with E-state index in [9.17, 15) is 14.4 Å². The lowest BCUT2D eigenvalue weighted by atomic mass is 10.1. The van der Waals surface area contributed by atoms with Crippen LogP contribution in [0.3, 0.4) is 0 Å². The minimum absolute atomic E-state index is 0.108. The number of hydrogen-bond acceptors (Lipinski definition) is 5. The smallest absolute Gasteiger partial charge is 0.335 e. The molecular weight excluding hydrogens is 316 g/mol. The van der Waals surface area contributed by atoms with Gasteiger partial charge in [0.1, 0.15) is 0 Å². The monoisotopic (exact) mass is 336 g/mol. The molecule has 8 nitrogen and oxygen atoms in total. The average Bonchev–Trinajstić information content (AvgIpc) is 2.60. The van der Waals surface area contributed by atoms with Gasteiger partial charge in [-0.3, -0.25) is 4.79 Å². The number of aromatic carboxylic acids is 1. The number of esters is 1. The summed E-state index contributed by atoms with van der Waals surface area (Å²) in [6.07, 6.45) is -0.261. The first kappa shape index (κ1) is 17.7. The summed E-state index contributed by atoms with van der Waals surface area (Å²) in [6.45, 7) is 1.42. The first-order valence-corrected chi connectivity index (χ1v) is 7.53. The van der Waals surface area contributed by atoms with Gasteiger partial charge in [0.15, 0.2) is 0 Å². The number of rotatable bonds is 5. The Hall–Kier alpha value is -2.61. The first-order chi connectivity index (χ1) is 11.5.